The first-order chi connectivity index (χ1) is 23.1. The molecule has 0 radical (unpaired) electrons. The Balaban J connectivity index is 1.24. The molecule has 0 aliphatic carbocycles. The van der Waals surface area contributed by atoms with Crippen LogP contribution < -0.4 is 10.0 Å². The second-order valence-electron chi connectivity index (χ2n) is 12.3. The number of hydrogen-bond acceptors (Lipinski definition) is 8. The van der Waals surface area contributed by atoms with Gasteiger partial charge in [0.15, 0.2) is 0 Å². The maximum atomic E-state index is 13.4. The number of rotatable bonds is 12. The molecule has 1 aliphatic rings. The van der Waals surface area contributed by atoms with Crippen molar-refractivity contribution in [2.75, 3.05) is 44.1 Å². The molecular weight excluding hydrogens is 629 g/mol. The zero-order valence-corrected chi connectivity index (χ0v) is 28.7. The summed E-state index contributed by atoms with van der Waals surface area (Å²) in [6.07, 6.45) is 1.73. The maximum Gasteiger partial charge on any atom is 0.264 e. The van der Waals surface area contributed by atoms with E-state index in [4.69, 9.17) is 14.2 Å². The van der Waals surface area contributed by atoms with Crippen molar-refractivity contribution < 1.29 is 22.5 Å². The summed E-state index contributed by atoms with van der Waals surface area (Å²) >= 11 is 0. The van der Waals surface area contributed by atoms with Gasteiger partial charge in [-0.15, -0.1) is 0 Å². The third-order valence-corrected chi connectivity index (χ3v) is 10.2. The first-order valence-electron chi connectivity index (χ1n) is 16.4. The average Bonchev–Trinajstić information content (AvgIpc) is 3.59. The van der Waals surface area contributed by atoms with E-state index in [-0.39, 0.29) is 16.7 Å². The van der Waals surface area contributed by atoms with Crippen molar-refractivity contribution in [3.8, 4) is 11.1 Å². The maximum absolute atomic E-state index is 13.4. The van der Waals surface area contributed by atoms with Gasteiger partial charge in [0.25, 0.3) is 15.9 Å². The van der Waals surface area contributed by atoms with E-state index in [2.05, 4.69) is 31.6 Å². The van der Waals surface area contributed by atoms with Crippen LogP contribution in [0.4, 0.5) is 5.88 Å². The average molecular weight is 671 g/mol. The Labute approximate surface area is 281 Å². The highest BCUT2D eigenvalue weighted by Gasteiger charge is 2.23. The molecule has 1 fully saturated rings. The van der Waals surface area contributed by atoms with Gasteiger partial charge in [0.1, 0.15) is 5.82 Å². The number of carbonyl (C=O) groups excluding carboxylic acids is 1. The van der Waals surface area contributed by atoms with Gasteiger partial charge in [0.05, 0.1) is 34.8 Å². The molecule has 0 unspecified atom stereocenters. The standard InChI is InChI=1S/C36H42N6O5S/c1-5-8-33-38-34-24(2)21-29(35(43)37-15-16-41-17-19-46-20-18-41)22-31(34)42(33)23-27-11-13-28(14-12-27)30-9-6-7-10-32(30)48(44,45)40-36-25(3)26(4)39-47-36/h6-7,9-14,21-22,40H,5,8,15-20,23H2,1-4H3,(H,37,43). The van der Waals surface area contributed by atoms with Crippen LogP contribution in [0.3, 0.4) is 0 Å². The van der Waals surface area contributed by atoms with Crippen molar-refractivity contribution in [1.29, 1.82) is 0 Å². The van der Waals surface area contributed by atoms with Crippen LogP contribution >= 0.6 is 0 Å². The lowest BCUT2D eigenvalue weighted by atomic mass is 10.0. The predicted octanol–water partition coefficient (Wildman–Crippen LogP) is 5.48. The zero-order valence-electron chi connectivity index (χ0n) is 27.9. The fourth-order valence-corrected chi connectivity index (χ4v) is 7.29. The first kappa shape index (κ1) is 33.4. The normalized spacial score (nSPS) is 14.0. The molecule has 0 saturated carbocycles. The minimum absolute atomic E-state index is 0.0980. The topological polar surface area (TPSA) is 132 Å². The van der Waals surface area contributed by atoms with E-state index in [0.29, 0.717) is 35.5 Å². The van der Waals surface area contributed by atoms with Crippen LogP contribution in [-0.2, 0) is 27.7 Å². The van der Waals surface area contributed by atoms with Crippen LogP contribution in [0.2, 0.25) is 0 Å². The molecule has 1 aliphatic heterocycles. The lowest BCUT2D eigenvalue weighted by Crippen LogP contribution is -2.41. The summed E-state index contributed by atoms with van der Waals surface area (Å²) in [6.45, 7) is 12.8. The van der Waals surface area contributed by atoms with Crippen LogP contribution in [0.1, 0.15) is 51.9 Å². The van der Waals surface area contributed by atoms with Crippen LogP contribution in [0.25, 0.3) is 22.2 Å². The van der Waals surface area contributed by atoms with Gasteiger partial charge in [-0.1, -0.05) is 54.5 Å². The first-order valence-corrected chi connectivity index (χ1v) is 17.8. The van der Waals surface area contributed by atoms with Crippen LogP contribution in [0.15, 0.2) is 70.1 Å². The number of anilines is 1. The summed E-state index contributed by atoms with van der Waals surface area (Å²) < 4.78 is 42.3. The molecule has 2 N–H and O–H groups in total. The molecule has 1 amide bonds. The summed E-state index contributed by atoms with van der Waals surface area (Å²) in [7, 11) is -3.95. The van der Waals surface area contributed by atoms with Crippen molar-refractivity contribution in [3.63, 3.8) is 0 Å². The number of carbonyl (C=O) groups is 1. The van der Waals surface area contributed by atoms with Gasteiger partial charge in [-0.2, -0.15) is 0 Å². The number of ether oxygens (including phenoxy) is 1. The van der Waals surface area contributed by atoms with Crippen molar-refractivity contribution in [2.24, 2.45) is 0 Å². The van der Waals surface area contributed by atoms with E-state index in [1.54, 1.807) is 32.0 Å². The SMILES string of the molecule is CCCc1nc2c(C)cc(C(=O)NCCN3CCOCC3)cc2n1Cc1ccc(-c2ccccc2S(=O)(=O)Nc2onc(C)c2C)cc1. The quantitative estimate of drug-likeness (QED) is 0.179. The van der Waals surface area contributed by atoms with Crippen LogP contribution in [0, 0.1) is 20.8 Å². The lowest BCUT2D eigenvalue weighted by molar-refractivity contribution is 0.0383. The Hall–Kier alpha value is -4.52. The van der Waals surface area contributed by atoms with Crippen molar-refractivity contribution >= 4 is 32.8 Å². The largest absolute Gasteiger partial charge is 0.379 e. The number of hydrogen-bond donors (Lipinski definition) is 2. The summed E-state index contributed by atoms with van der Waals surface area (Å²) in [4.78, 5) is 20.7. The van der Waals surface area contributed by atoms with E-state index < -0.39 is 10.0 Å². The second-order valence-corrected chi connectivity index (χ2v) is 13.9. The minimum Gasteiger partial charge on any atom is -0.379 e. The number of fused-ring (bicyclic) bond motifs is 1. The predicted molar refractivity (Wildman–Crippen MR) is 186 cm³/mol. The van der Waals surface area contributed by atoms with Crippen molar-refractivity contribution in [1.82, 2.24) is 24.9 Å². The Kier molecular flexibility index (Phi) is 9.95. The number of imidazole rings is 1. The highest BCUT2D eigenvalue weighted by molar-refractivity contribution is 7.92. The Morgan fingerprint density at radius 2 is 1.75 bits per heavy atom. The molecule has 0 bridgehead atoms. The number of aryl methyl sites for hydroxylation is 3. The van der Waals surface area contributed by atoms with Crippen molar-refractivity contribution in [2.45, 2.75) is 52.0 Å². The number of nitrogens with zero attached hydrogens (tertiary/aromatic N) is 4. The van der Waals surface area contributed by atoms with Gasteiger partial charge in [-0.25, -0.2) is 18.1 Å². The van der Waals surface area contributed by atoms with E-state index in [1.807, 2.05) is 49.4 Å². The molecule has 0 spiro atoms. The van der Waals surface area contributed by atoms with Crippen molar-refractivity contribution in [3.05, 3.63) is 94.4 Å². The summed E-state index contributed by atoms with van der Waals surface area (Å²) in [5.41, 5.74) is 7.01. The highest BCUT2D eigenvalue weighted by Crippen LogP contribution is 2.31. The molecule has 6 rings (SSSR count). The zero-order chi connectivity index (χ0) is 33.8. The Morgan fingerprint density at radius 3 is 2.46 bits per heavy atom. The molecule has 48 heavy (non-hydrogen) atoms. The number of aromatic nitrogens is 3. The lowest BCUT2D eigenvalue weighted by Gasteiger charge is -2.26. The molecule has 2 aromatic heterocycles. The third-order valence-electron chi connectivity index (χ3n) is 8.84. The monoisotopic (exact) mass is 670 g/mol. The number of benzene rings is 3. The molecule has 5 aromatic rings. The second kappa shape index (κ2) is 14.3. The summed E-state index contributed by atoms with van der Waals surface area (Å²) in [5, 5.41) is 6.95. The molecule has 1 saturated heterocycles. The molecular formula is C36H42N6O5S. The molecule has 3 heterocycles. The Bertz CT molecular complexity index is 2030. The van der Waals surface area contributed by atoms with Gasteiger partial charge in [-0.3, -0.25) is 9.69 Å². The number of morpholine rings is 1. The molecule has 252 valence electrons. The van der Waals surface area contributed by atoms with Gasteiger partial charge < -0.3 is 19.1 Å². The van der Waals surface area contributed by atoms with E-state index in [0.717, 1.165) is 79.2 Å². The fraction of sp³-hybridized carbons (Fsp3) is 0.361. The fourth-order valence-electron chi connectivity index (χ4n) is 6.02. The van der Waals surface area contributed by atoms with Gasteiger partial charge >= 0.3 is 0 Å². The van der Waals surface area contributed by atoms with Gasteiger partial charge in [0.2, 0.25) is 5.88 Å². The minimum atomic E-state index is -3.95. The van der Waals surface area contributed by atoms with Gasteiger partial charge in [-0.05, 0) is 62.1 Å². The van der Waals surface area contributed by atoms with E-state index >= 15 is 0 Å². The number of sulfonamides is 1. The molecule has 3 aromatic carbocycles. The van der Waals surface area contributed by atoms with Gasteiger partial charge in [0, 0.05) is 55.8 Å². The van der Waals surface area contributed by atoms with E-state index in [9.17, 15) is 13.2 Å². The van der Waals surface area contributed by atoms with Crippen LogP contribution in [-0.4, -0.2) is 73.3 Å². The number of amides is 1. The summed E-state index contributed by atoms with van der Waals surface area (Å²) in [6, 6.07) is 18.6. The summed E-state index contributed by atoms with van der Waals surface area (Å²) in [5.74, 6) is 0.973. The third kappa shape index (κ3) is 7.15. The molecule has 11 nitrogen and oxygen atoms in total. The molecule has 0 atom stereocenters. The molecule has 12 heteroatoms. The van der Waals surface area contributed by atoms with E-state index in [1.165, 1.54) is 0 Å². The number of nitrogens with one attached hydrogen (secondary N) is 2. The smallest absolute Gasteiger partial charge is 0.264 e. The van der Waals surface area contributed by atoms with Crippen LogP contribution in [0.5, 0.6) is 0 Å². The Morgan fingerprint density at radius 1 is 1.00 bits per heavy atom. The highest BCUT2D eigenvalue weighted by atomic mass is 32.2.